The SMILES string of the molecule is COCCOc1ccc(CCCS(=O)(=O)N2CCSCC2)c(Oc2ncc(C(F)(F)F)cc2Cl)c1. The van der Waals surface area contributed by atoms with Crippen molar-refractivity contribution in [2.45, 2.75) is 19.0 Å². The van der Waals surface area contributed by atoms with Gasteiger partial charge in [-0.3, -0.25) is 0 Å². The molecule has 2 aromatic rings. The van der Waals surface area contributed by atoms with Crippen molar-refractivity contribution in [3.05, 3.63) is 46.6 Å². The van der Waals surface area contributed by atoms with Gasteiger partial charge in [-0.2, -0.15) is 24.9 Å². The zero-order chi connectivity index (χ0) is 25.5. The molecule has 13 heteroatoms. The van der Waals surface area contributed by atoms with Gasteiger partial charge < -0.3 is 14.2 Å². The van der Waals surface area contributed by atoms with Crippen molar-refractivity contribution in [2.24, 2.45) is 0 Å². The summed E-state index contributed by atoms with van der Waals surface area (Å²) in [7, 11) is -1.84. The predicted octanol–water partition coefficient (Wildman–Crippen LogP) is 4.88. The number of aromatic nitrogens is 1. The van der Waals surface area contributed by atoms with Gasteiger partial charge in [0.2, 0.25) is 15.9 Å². The van der Waals surface area contributed by atoms with E-state index in [1.165, 1.54) is 11.4 Å². The molecule has 0 unspecified atom stereocenters. The average Bonchev–Trinajstić information content (AvgIpc) is 2.81. The minimum absolute atomic E-state index is 0.0253. The Balaban J connectivity index is 1.76. The molecule has 0 amide bonds. The van der Waals surface area contributed by atoms with Gasteiger partial charge in [-0.25, -0.2) is 17.7 Å². The second-order valence-corrected chi connectivity index (χ2v) is 11.4. The maximum atomic E-state index is 12.9. The molecule has 0 spiro atoms. The van der Waals surface area contributed by atoms with E-state index in [9.17, 15) is 21.6 Å². The van der Waals surface area contributed by atoms with E-state index >= 15 is 0 Å². The lowest BCUT2D eigenvalue weighted by Gasteiger charge is -2.25. The molecule has 0 saturated carbocycles. The van der Waals surface area contributed by atoms with Crippen molar-refractivity contribution in [1.82, 2.24) is 9.29 Å². The maximum Gasteiger partial charge on any atom is 0.417 e. The number of methoxy groups -OCH3 is 1. The quantitative estimate of drug-likeness (QED) is 0.366. The summed E-state index contributed by atoms with van der Waals surface area (Å²) >= 11 is 7.74. The van der Waals surface area contributed by atoms with Gasteiger partial charge in [0.05, 0.1) is 17.9 Å². The van der Waals surface area contributed by atoms with Gasteiger partial charge in [0.1, 0.15) is 23.1 Å². The van der Waals surface area contributed by atoms with Crippen molar-refractivity contribution in [3.63, 3.8) is 0 Å². The first kappa shape index (κ1) is 27.9. The maximum absolute atomic E-state index is 12.9. The van der Waals surface area contributed by atoms with E-state index in [2.05, 4.69) is 4.98 Å². The van der Waals surface area contributed by atoms with Gasteiger partial charge in [0.25, 0.3) is 0 Å². The molecule has 0 aliphatic carbocycles. The highest BCUT2D eigenvalue weighted by Crippen LogP contribution is 2.36. The Hall–Kier alpha value is -1.73. The van der Waals surface area contributed by atoms with E-state index < -0.39 is 21.8 Å². The molecule has 1 fully saturated rings. The van der Waals surface area contributed by atoms with Crippen LogP contribution in [0.1, 0.15) is 17.5 Å². The van der Waals surface area contributed by atoms with Crippen molar-refractivity contribution in [2.75, 3.05) is 50.7 Å². The summed E-state index contributed by atoms with van der Waals surface area (Å²) in [5.74, 6) is 2.05. The fourth-order valence-electron chi connectivity index (χ4n) is 3.33. The number of rotatable bonds is 11. The van der Waals surface area contributed by atoms with Crippen LogP contribution in [0.4, 0.5) is 13.2 Å². The van der Waals surface area contributed by atoms with Gasteiger partial charge in [-0.1, -0.05) is 17.7 Å². The van der Waals surface area contributed by atoms with Crippen molar-refractivity contribution in [3.8, 4) is 17.4 Å². The zero-order valence-corrected chi connectivity index (χ0v) is 21.4. The third kappa shape index (κ3) is 8.14. The topological polar surface area (TPSA) is 78.0 Å². The highest BCUT2D eigenvalue weighted by molar-refractivity contribution is 7.99. The Morgan fingerprint density at radius 3 is 2.57 bits per heavy atom. The predicted molar refractivity (Wildman–Crippen MR) is 129 cm³/mol. The first-order chi connectivity index (χ1) is 16.6. The highest BCUT2D eigenvalue weighted by atomic mass is 35.5. The summed E-state index contributed by atoms with van der Waals surface area (Å²) in [5, 5.41) is -0.304. The van der Waals surface area contributed by atoms with Crippen LogP contribution in [0.25, 0.3) is 0 Å². The van der Waals surface area contributed by atoms with Crippen LogP contribution >= 0.6 is 23.4 Å². The smallest absolute Gasteiger partial charge is 0.417 e. The number of pyridine rings is 1. The molecule has 7 nitrogen and oxygen atoms in total. The number of aryl methyl sites for hydroxylation is 1. The number of nitrogens with zero attached hydrogens (tertiary/aromatic N) is 2. The summed E-state index contributed by atoms with van der Waals surface area (Å²) in [6.07, 6.45) is -3.26. The lowest BCUT2D eigenvalue weighted by molar-refractivity contribution is -0.137. The van der Waals surface area contributed by atoms with Crippen LogP contribution in [-0.4, -0.2) is 68.4 Å². The lowest BCUT2D eigenvalue weighted by atomic mass is 10.1. The van der Waals surface area contributed by atoms with E-state index in [-0.39, 0.29) is 29.0 Å². The van der Waals surface area contributed by atoms with Crippen molar-refractivity contribution in [1.29, 1.82) is 0 Å². The molecule has 35 heavy (non-hydrogen) atoms. The van der Waals surface area contributed by atoms with Gasteiger partial charge in [0, 0.05) is 44.0 Å². The molecule has 1 aromatic carbocycles. The molecular weight excluding hydrogens is 529 g/mol. The monoisotopic (exact) mass is 554 g/mol. The number of ether oxygens (including phenoxy) is 3. The number of hydrogen-bond donors (Lipinski definition) is 0. The van der Waals surface area contributed by atoms with Crippen LogP contribution in [-0.2, 0) is 27.4 Å². The number of halogens is 4. The zero-order valence-electron chi connectivity index (χ0n) is 19.0. The molecule has 1 aliphatic heterocycles. The van der Waals surface area contributed by atoms with Crippen LogP contribution in [0.5, 0.6) is 17.4 Å². The number of alkyl halides is 3. The molecule has 0 atom stereocenters. The Morgan fingerprint density at radius 1 is 1.17 bits per heavy atom. The molecule has 0 N–H and O–H groups in total. The van der Waals surface area contributed by atoms with E-state index in [1.807, 2.05) is 0 Å². The summed E-state index contributed by atoms with van der Waals surface area (Å²) in [4.78, 5) is 3.73. The summed E-state index contributed by atoms with van der Waals surface area (Å²) < 4.78 is 82.0. The Labute approximate surface area is 212 Å². The highest BCUT2D eigenvalue weighted by Gasteiger charge is 2.32. The minimum Gasteiger partial charge on any atom is -0.491 e. The van der Waals surface area contributed by atoms with E-state index in [4.69, 9.17) is 25.8 Å². The second-order valence-electron chi connectivity index (χ2n) is 7.65. The average molecular weight is 555 g/mol. The van der Waals surface area contributed by atoms with Crippen LogP contribution in [0, 0.1) is 0 Å². The third-order valence-corrected chi connectivity index (χ3v) is 8.32. The van der Waals surface area contributed by atoms with E-state index in [0.717, 1.165) is 17.6 Å². The number of benzene rings is 1. The standard InChI is InChI=1S/C22H26ClF3N2O5S2/c1-31-8-9-32-18-5-4-16(3-2-12-35(29,30)28-6-10-34-11-7-28)20(14-18)33-21-19(23)13-17(15-27-21)22(24,25)26/h4-5,13-15H,2-3,6-12H2,1H3. The third-order valence-electron chi connectivity index (χ3n) is 5.15. The molecule has 194 valence electrons. The minimum atomic E-state index is -4.59. The molecule has 1 saturated heterocycles. The van der Waals surface area contributed by atoms with E-state index in [1.54, 1.807) is 30.0 Å². The summed E-state index contributed by atoms with van der Waals surface area (Å²) in [5.41, 5.74) is -0.348. The molecule has 0 radical (unpaired) electrons. The molecule has 3 rings (SSSR count). The molecule has 2 heterocycles. The first-order valence-electron chi connectivity index (χ1n) is 10.8. The van der Waals surface area contributed by atoms with Crippen molar-refractivity contribution < 1.29 is 35.8 Å². The molecule has 1 aliphatic rings. The Morgan fingerprint density at radius 2 is 1.91 bits per heavy atom. The second kappa shape index (κ2) is 12.5. The molecular formula is C22H26ClF3N2O5S2. The Bertz CT molecular complexity index is 1100. The van der Waals surface area contributed by atoms with Crippen LogP contribution in [0.2, 0.25) is 5.02 Å². The number of thioether (sulfide) groups is 1. The van der Waals surface area contributed by atoms with Gasteiger partial charge in [0.15, 0.2) is 0 Å². The molecule has 0 bridgehead atoms. The van der Waals surface area contributed by atoms with Gasteiger partial charge >= 0.3 is 6.18 Å². The molecule has 1 aromatic heterocycles. The summed E-state index contributed by atoms with van der Waals surface area (Å²) in [6, 6.07) is 5.73. The lowest BCUT2D eigenvalue weighted by Crippen LogP contribution is -2.39. The van der Waals surface area contributed by atoms with Crippen LogP contribution in [0.15, 0.2) is 30.5 Å². The van der Waals surface area contributed by atoms with Crippen molar-refractivity contribution >= 4 is 33.4 Å². The number of sulfonamides is 1. The van der Waals surface area contributed by atoms with Gasteiger partial charge in [-0.15, -0.1) is 0 Å². The fourth-order valence-corrected chi connectivity index (χ4v) is 6.17. The normalized spacial score (nSPS) is 15.2. The van der Waals surface area contributed by atoms with E-state index in [0.29, 0.717) is 50.0 Å². The van der Waals surface area contributed by atoms with Gasteiger partial charge in [-0.05, 0) is 30.5 Å². The number of hydrogen-bond acceptors (Lipinski definition) is 7. The van der Waals surface area contributed by atoms with Crippen LogP contribution < -0.4 is 9.47 Å². The first-order valence-corrected chi connectivity index (χ1v) is 13.9. The summed E-state index contributed by atoms with van der Waals surface area (Å²) in [6.45, 7) is 1.65. The van der Waals surface area contributed by atoms with Crippen LogP contribution in [0.3, 0.4) is 0 Å². The largest absolute Gasteiger partial charge is 0.491 e. The fraction of sp³-hybridized carbons (Fsp3) is 0.500. The Kier molecular flexibility index (Phi) is 9.94.